The van der Waals surface area contributed by atoms with Gasteiger partial charge in [-0.2, -0.15) is 4.98 Å². The van der Waals surface area contributed by atoms with Crippen LogP contribution in [0, 0.1) is 12.8 Å². The quantitative estimate of drug-likeness (QED) is 0.740. The number of rotatable bonds is 7. The summed E-state index contributed by atoms with van der Waals surface area (Å²) in [5, 5.41) is 7.22. The van der Waals surface area contributed by atoms with Crippen LogP contribution >= 0.6 is 0 Å². The molecule has 0 atom stereocenters. The predicted octanol–water partition coefficient (Wildman–Crippen LogP) is 1.71. The van der Waals surface area contributed by atoms with Crippen LogP contribution in [-0.4, -0.2) is 78.3 Å². The number of aromatic nitrogens is 2. The molecule has 162 valence electrons. The zero-order valence-corrected chi connectivity index (χ0v) is 17.7. The number of nitrogens with one attached hydrogen (secondary N) is 1. The minimum absolute atomic E-state index is 0.0942. The number of ether oxygens (including phenoxy) is 1. The Morgan fingerprint density at radius 2 is 1.83 bits per heavy atom. The van der Waals surface area contributed by atoms with Gasteiger partial charge in [0.1, 0.15) is 0 Å². The van der Waals surface area contributed by atoms with Crippen LogP contribution < -0.4 is 5.32 Å². The molecule has 30 heavy (non-hydrogen) atoms. The van der Waals surface area contributed by atoms with Gasteiger partial charge in [0.2, 0.25) is 17.6 Å². The van der Waals surface area contributed by atoms with Crippen LogP contribution in [0.2, 0.25) is 0 Å². The summed E-state index contributed by atoms with van der Waals surface area (Å²) in [5.41, 5.74) is 2.17. The molecule has 1 aromatic heterocycles. The van der Waals surface area contributed by atoms with Gasteiger partial charge in [-0.05, 0) is 32.9 Å². The fourth-order valence-corrected chi connectivity index (χ4v) is 3.99. The minimum atomic E-state index is 0.0942. The number of carbonyl (C=O) groups is 1. The van der Waals surface area contributed by atoms with E-state index in [4.69, 9.17) is 9.26 Å². The summed E-state index contributed by atoms with van der Waals surface area (Å²) in [6.07, 6.45) is 1.73. The molecule has 0 radical (unpaired) electrons. The second-order valence-corrected chi connectivity index (χ2v) is 8.17. The van der Waals surface area contributed by atoms with Crippen molar-refractivity contribution in [3.63, 3.8) is 0 Å². The highest BCUT2D eigenvalue weighted by Gasteiger charge is 2.26. The number of hydrogen-bond acceptors (Lipinski definition) is 7. The monoisotopic (exact) mass is 413 g/mol. The molecule has 2 aromatic rings. The first kappa shape index (κ1) is 21.0. The lowest BCUT2D eigenvalue weighted by Crippen LogP contribution is -2.44. The summed E-state index contributed by atoms with van der Waals surface area (Å²) in [6.45, 7) is 9.51. The van der Waals surface area contributed by atoms with Crippen molar-refractivity contribution in [2.45, 2.75) is 26.3 Å². The molecule has 0 spiro atoms. The van der Waals surface area contributed by atoms with Crippen molar-refractivity contribution in [2.75, 3.05) is 52.5 Å². The fourth-order valence-electron chi connectivity index (χ4n) is 3.99. The van der Waals surface area contributed by atoms with E-state index in [0.29, 0.717) is 24.8 Å². The first-order valence-electron chi connectivity index (χ1n) is 10.9. The molecule has 4 rings (SSSR count). The Balaban J connectivity index is 1.18. The highest BCUT2D eigenvalue weighted by Crippen LogP contribution is 2.21. The van der Waals surface area contributed by atoms with Crippen molar-refractivity contribution in [3.8, 4) is 11.4 Å². The van der Waals surface area contributed by atoms with Crippen LogP contribution in [0.25, 0.3) is 11.4 Å². The van der Waals surface area contributed by atoms with Crippen molar-refractivity contribution in [3.05, 3.63) is 35.7 Å². The molecule has 2 aliphatic heterocycles. The topological polar surface area (TPSA) is 83.7 Å². The number of piperidine rings is 1. The number of hydrogen-bond donors (Lipinski definition) is 1. The summed E-state index contributed by atoms with van der Waals surface area (Å²) in [6, 6.07) is 8.10. The van der Waals surface area contributed by atoms with Crippen LogP contribution in [0.15, 0.2) is 28.8 Å². The average molecular weight is 414 g/mol. The van der Waals surface area contributed by atoms with Crippen molar-refractivity contribution >= 4 is 5.91 Å². The number of nitrogens with zero attached hydrogens (tertiary/aromatic N) is 4. The molecular formula is C22H31N5O3. The van der Waals surface area contributed by atoms with E-state index >= 15 is 0 Å². The number of aryl methyl sites for hydroxylation is 1. The second-order valence-electron chi connectivity index (χ2n) is 8.17. The number of likely N-dealkylation sites (tertiary alicyclic amines) is 1. The molecule has 8 heteroatoms. The summed E-state index contributed by atoms with van der Waals surface area (Å²) >= 11 is 0. The Bertz CT molecular complexity index is 808. The second kappa shape index (κ2) is 10.1. The Morgan fingerprint density at radius 1 is 1.10 bits per heavy atom. The van der Waals surface area contributed by atoms with Crippen LogP contribution in [0.1, 0.15) is 24.3 Å². The number of benzene rings is 1. The molecule has 2 aliphatic rings. The number of morpholine rings is 1. The Labute approximate surface area is 177 Å². The SMILES string of the molecule is Cc1ccc(-c2noc(CN3CCC(C(=O)NCCN4CCOCC4)CC3)n2)cc1. The lowest BCUT2D eigenvalue weighted by Gasteiger charge is -2.30. The van der Waals surface area contributed by atoms with Gasteiger partial charge < -0.3 is 14.6 Å². The summed E-state index contributed by atoms with van der Waals surface area (Å²) in [7, 11) is 0. The molecule has 3 heterocycles. The van der Waals surface area contributed by atoms with Gasteiger partial charge >= 0.3 is 0 Å². The maximum absolute atomic E-state index is 12.5. The van der Waals surface area contributed by atoms with E-state index in [2.05, 4.69) is 32.2 Å². The maximum atomic E-state index is 12.5. The van der Waals surface area contributed by atoms with E-state index < -0.39 is 0 Å². The van der Waals surface area contributed by atoms with Gasteiger partial charge in [-0.15, -0.1) is 0 Å². The molecule has 1 N–H and O–H groups in total. The van der Waals surface area contributed by atoms with Crippen LogP contribution in [0.3, 0.4) is 0 Å². The van der Waals surface area contributed by atoms with Crippen LogP contribution in [0.5, 0.6) is 0 Å². The van der Waals surface area contributed by atoms with Crippen molar-refractivity contribution < 1.29 is 14.1 Å². The molecule has 0 unspecified atom stereocenters. The van der Waals surface area contributed by atoms with E-state index in [1.165, 1.54) is 5.56 Å². The molecule has 8 nitrogen and oxygen atoms in total. The number of carbonyl (C=O) groups excluding carboxylic acids is 1. The van der Waals surface area contributed by atoms with Gasteiger partial charge in [-0.3, -0.25) is 14.6 Å². The van der Waals surface area contributed by atoms with Crippen LogP contribution in [0.4, 0.5) is 0 Å². The largest absolute Gasteiger partial charge is 0.379 e. The molecule has 1 aromatic carbocycles. The van der Waals surface area contributed by atoms with E-state index in [0.717, 1.165) is 64.3 Å². The molecule has 1 amide bonds. The minimum Gasteiger partial charge on any atom is -0.379 e. The van der Waals surface area contributed by atoms with Crippen LogP contribution in [-0.2, 0) is 16.1 Å². The van der Waals surface area contributed by atoms with Crippen molar-refractivity contribution in [1.82, 2.24) is 25.3 Å². The fraction of sp³-hybridized carbons (Fsp3) is 0.591. The predicted molar refractivity (Wildman–Crippen MR) is 113 cm³/mol. The van der Waals surface area contributed by atoms with Gasteiger partial charge in [0.05, 0.1) is 19.8 Å². The van der Waals surface area contributed by atoms with E-state index in [-0.39, 0.29) is 11.8 Å². The standard InChI is InChI=1S/C22H31N5O3/c1-17-2-4-18(5-3-17)21-24-20(30-25-21)16-27-9-6-19(7-10-27)22(28)23-8-11-26-12-14-29-15-13-26/h2-5,19H,6-16H2,1H3,(H,23,28). The van der Waals surface area contributed by atoms with Crippen molar-refractivity contribution in [1.29, 1.82) is 0 Å². The Kier molecular flexibility index (Phi) is 7.09. The highest BCUT2D eigenvalue weighted by atomic mass is 16.5. The normalized spacial score (nSPS) is 19.1. The molecule has 0 bridgehead atoms. The van der Waals surface area contributed by atoms with Crippen molar-refractivity contribution in [2.24, 2.45) is 5.92 Å². The summed E-state index contributed by atoms with van der Waals surface area (Å²) in [4.78, 5) is 21.6. The first-order chi connectivity index (χ1) is 14.7. The lowest BCUT2D eigenvalue weighted by molar-refractivity contribution is -0.126. The third-order valence-electron chi connectivity index (χ3n) is 5.93. The first-order valence-corrected chi connectivity index (χ1v) is 10.9. The molecule has 0 saturated carbocycles. The highest BCUT2D eigenvalue weighted by molar-refractivity contribution is 5.78. The van der Waals surface area contributed by atoms with E-state index in [9.17, 15) is 4.79 Å². The van der Waals surface area contributed by atoms with Gasteiger partial charge in [0, 0.05) is 37.7 Å². The smallest absolute Gasteiger partial charge is 0.241 e. The van der Waals surface area contributed by atoms with Gasteiger partial charge in [-0.1, -0.05) is 35.0 Å². The summed E-state index contributed by atoms with van der Waals surface area (Å²) < 4.78 is 10.8. The maximum Gasteiger partial charge on any atom is 0.241 e. The Morgan fingerprint density at radius 3 is 2.57 bits per heavy atom. The van der Waals surface area contributed by atoms with Gasteiger partial charge in [0.25, 0.3) is 0 Å². The third kappa shape index (κ3) is 5.65. The molecule has 0 aliphatic carbocycles. The van der Waals surface area contributed by atoms with E-state index in [1.54, 1.807) is 0 Å². The zero-order valence-electron chi connectivity index (χ0n) is 17.7. The third-order valence-corrected chi connectivity index (χ3v) is 5.93. The average Bonchev–Trinajstić information content (AvgIpc) is 3.24. The summed E-state index contributed by atoms with van der Waals surface area (Å²) in [5.74, 6) is 1.53. The number of amides is 1. The van der Waals surface area contributed by atoms with Gasteiger partial charge in [-0.25, -0.2) is 0 Å². The zero-order chi connectivity index (χ0) is 20.8. The van der Waals surface area contributed by atoms with Gasteiger partial charge in [0.15, 0.2) is 0 Å². The Hall–Kier alpha value is -2.29. The molecule has 2 fully saturated rings. The van der Waals surface area contributed by atoms with E-state index in [1.807, 2.05) is 24.3 Å². The molecular weight excluding hydrogens is 382 g/mol. The molecule has 2 saturated heterocycles. The lowest BCUT2D eigenvalue weighted by atomic mass is 9.96.